The molecule has 9 nitrogen and oxygen atoms in total. The number of anilines is 1. The van der Waals surface area contributed by atoms with E-state index in [0.717, 1.165) is 11.3 Å². The lowest BCUT2D eigenvalue weighted by Gasteiger charge is -2.25. The number of hydrogen-bond donors (Lipinski definition) is 4. The van der Waals surface area contributed by atoms with Crippen molar-refractivity contribution in [1.82, 2.24) is 0 Å². The van der Waals surface area contributed by atoms with E-state index < -0.39 is 11.7 Å². The summed E-state index contributed by atoms with van der Waals surface area (Å²) in [6.45, 7) is -1.43. The Kier molecular flexibility index (Phi) is 6.21. The summed E-state index contributed by atoms with van der Waals surface area (Å²) in [6, 6.07) is 17.7. The molecule has 0 fully saturated rings. The van der Waals surface area contributed by atoms with Gasteiger partial charge >= 0.3 is 6.75 Å². The molecule has 0 radical (unpaired) electrons. The maximum absolute atomic E-state index is 10.7. The Hall–Kier alpha value is -3.60. The molecule has 0 saturated carbocycles. The van der Waals surface area contributed by atoms with Gasteiger partial charge in [-0.25, -0.2) is 0 Å². The lowest BCUT2D eigenvalue weighted by Crippen LogP contribution is -2.50. The van der Waals surface area contributed by atoms with Crippen LogP contribution in [-0.4, -0.2) is 26.7 Å². The summed E-state index contributed by atoms with van der Waals surface area (Å²) < 4.78 is 0. The van der Waals surface area contributed by atoms with E-state index in [9.17, 15) is 25.2 Å². The van der Waals surface area contributed by atoms with Gasteiger partial charge in [0.1, 0.15) is 0 Å². The summed E-state index contributed by atoms with van der Waals surface area (Å²) in [5, 5.41) is 50.7. The van der Waals surface area contributed by atoms with Crippen LogP contribution in [0.25, 0.3) is 0 Å². The van der Waals surface area contributed by atoms with Crippen LogP contribution in [0, 0.1) is 17.0 Å². The third kappa shape index (κ3) is 5.26. The highest BCUT2D eigenvalue weighted by Crippen LogP contribution is 2.26. The molecule has 0 spiro atoms. The highest BCUT2D eigenvalue weighted by molar-refractivity contribution is 6.72. The fraction of sp³-hybridized carbons (Fsp3) is 0.100. The van der Waals surface area contributed by atoms with Gasteiger partial charge in [-0.2, -0.15) is 10.2 Å². The molecule has 0 aliphatic heterocycles. The molecule has 0 saturated heterocycles. The first kappa shape index (κ1) is 21.1. The largest absolute Gasteiger partial charge is 0.556 e. The number of nitrogens with one attached hydrogen (secondary N) is 1. The molecule has 3 aromatic rings. The van der Waals surface area contributed by atoms with E-state index in [0.29, 0.717) is 16.9 Å². The molecule has 0 bridgehead atoms. The Morgan fingerprint density at radius 3 is 2.33 bits per heavy atom. The molecule has 0 aliphatic rings. The first-order chi connectivity index (χ1) is 14.2. The van der Waals surface area contributed by atoms with Crippen LogP contribution in [0.15, 0.2) is 77.0 Å². The normalized spacial score (nSPS) is 11.6. The third-order valence-corrected chi connectivity index (χ3v) is 4.49. The second-order valence-corrected chi connectivity index (χ2v) is 6.76. The molecule has 0 heterocycles. The maximum atomic E-state index is 10.7. The number of aryl methyl sites for hydroxylation is 1. The van der Waals surface area contributed by atoms with Crippen molar-refractivity contribution in [1.29, 1.82) is 0 Å². The van der Waals surface area contributed by atoms with Crippen LogP contribution in [0.1, 0.15) is 11.1 Å². The zero-order valence-electron chi connectivity index (χ0n) is 16.1. The van der Waals surface area contributed by atoms with Gasteiger partial charge in [0.25, 0.3) is 5.69 Å². The van der Waals surface area contributed by atoms with E-state index in [2.05, 4.69) is 15.5 Å². The number of nitrogens with zero attached hydrogens (tertiary/aromatic N) is 3. The second-order valence-electron chi connectivity index (χ2n) is 6.76. The van der Waals surface area contributed by atoms with Crippen LogP contribution in [0.3, 0.4) is 0 Å². The molecule has 0 unspecified atom stereocenters. The minimum absolute atomic E-state index is 0.0100. The molecule has 154 valence electrons. The van der Waals surface area contributed by atoms with E-state index in [-0.39, 0.29) is 17.7 Å². The highest BCUT2D eigenvalue weighted by atomic mass is 16.6. The summed E-state index contributed by atoms with van der Waals surface area (Å²) >= 11 is 0. The van der Waals surface area contributed by atoms with Crippen molar-refractivity contribution in [3.05, 3.63) is 88.0 Å². The van der Waals surface area contributed by atoms with Gasteiger partial charge in [-0.15, -0.1) is 5.46 Å². The fourth-order valence-electron chi connectivity index (χ4n) is 2.90. The number of azo groups is 1. The highest BCUT2D eigenvalue weighted by Gasteiger charge is 2.20. The van der Waals surface area contributed by atoms with Gasteiger partial charge in [0, 0.05) is 24.4 Å². The second kappa shape index (κ2) is 8.83. The average Bonchev–Trinajstić information content (AvgIpc) is 2.71. The summed E-state index contributed by atoms with van der Waals surface area (Å²) in [6.07, 6.45) is 0. The fourth-order valence-corrected chi connectivity index (χ4v) is 2.90. The molecule has 0 aliphatic carbocycles. The number of hydrogen-bond acceptors (Lipinski definition) is 8. The number of rotatable bonds is 7. The summed E-state index contributed by atoms with van der Waals surface area (Å²) in [4.78, 5) is 10.2. The summed E-state index contributed by atoms with van der Waals surface area (Å²) in [5.74, 6) is 0. The lowest BCUT2D eigenvalue weighted by molar-refractivity contribution is -0.384. The number of nitro benzene ring substituents is 1. The quantitative estimate of drug-likeness (QED) is 0.205. The molecule has 3 aromatic carbocycles. The predicted octanol–water partition coefficient (Wildman–Crippen LogP) is 3.05. The van der Waals surface area contributed by atoms with E-state index in [1.54, 1.807) is 30.3 Å². The summed E-state index contributed by atoms with van der Waals surface area (Å²) in [5.41, 5.74) is 3.39. The topological polar surface area (TPSA) is 141 Å². The maximum Gasteiger partial charge on any atom is 0.402 e. The molecular formula is C20H20BN4O5-. The number of benzene rings is 3. The molecule has 0 aromatic heterocycles. The van der Waals surface area contributed by atoms with Crippen molar-refractivity contribution >= 4 is 35.0 Å². The van der Waals surface area contributed by atoms with E-state index >= 15 is 0 Å². The van der Waals surface area contributed by atoms with Gasteiger partial charge in [0.15, 0.2) is 0 Å². The van der Waals surface area contributed by atoms with Crippen molar-refractivity contribution < 1.29 is 20.0 Å². The van der Waals surface area contributed by atoms with Gasteiger partial charge in [-0.05, 0) is 42.8 Å². The molecular weight excluding hydrogens is 387 g/mol. The van der Waals surface area contributed by atoms with Crippen molar-refractivity contribution in [2.45, 2.75) is 13.5 Å². The molecule has 4 N–H and O–H groups in total. The van der Waals surface area contributed by atoms with Crippen LogP contribution in [0.2, 0.25) is 0 Å². The smallest absolute Gasteiger partial charge is 0.402 e. The van der Waals surface area contributed by atoms with Crippen LogP contribution in [-0.2, 0) is 6.54 Å². The van der Waals surface area contributed by atoms with Crippen LogP contribution < -0.4 is 10.8 Å². The van der Waals surface area contributed by atoms with Crippen molar-refractivity contribution in [3.8, 4) is 0 Å². The number of nitro groups is 1. The van der Waals surface area contributed by atoms with Crippen molar-refractivity contribution in [2.24, 2.45) is 10.2 Å². The van der Waals surface area contributed by atoms with E-state index in [1.165, 1.54) is 30.3 Å². The van der Waals surface area contributed by atoms with Gasteiger partial charge in [-0.1, -0.05) is 29.8 Å². The van der Waals surface area contributed by atoms with Gasteiger partial charge in [0.05, 0.1) is 16.3 Å². The zero-order valence-corrected chi connectivity index (χ0v) is 16.1. The molecule has 10 heteroatoms. The van der Waals surface area contributed by atoms with E-state index in [1.807, 2.05) is 13.0 Å². The van der Waals surface area contributed by atoms with Crippen LogP contribution in [0.5, 0.6) is 0 Å². The Bertz CT molecular complexity index is 1080. The predicted molar refractivity (Wildman–Crippen MR) is 114 cm³/mol. The van der Waals surface area contributed by atoms with Crippen molar-refractivity contribution in [2.75, 3.05) is 5.32 Å². The lowest BCUT2D eigenvalue weighted by atomic mass is 9.68. The zero-order chi connectivity index (χ0) is 21.7. The molecule has 0 amide bonds. The first-order valence-corrected chi connectivity index (χ1v) is 9.14. The Balaban J connectivity index is 1.69. The summed E-state index contributed by atoms with van der Waals surface area (Å²) in [7, 11) is 0. The first-order valence-electron chi connectivity index (χ1n) is 9.14. The van der Waals surface area contributed by atoms with Crippen LogP contribution in [0.4, 0.5) is 22.7 Å². The molecule has 30 heavy (non-hydrogen) atoms. The SMILES string of the molecule is Cc1cc(NCc2ccccc2[B-](O)(O)O)ccc1N=Nc1ccc([N+](=O)[O-])cc1. The number of non-ortho nitro benzene ring substituents is 1. The Morgan fingerprint density at radius 2 is 1.70 bits per heavy atom. The minimum atomic E-state index is -3.58. The Labute approximate surface area is 172 Å². The van der Waals surface area contributed by atoms with E-state index in [4.69, 9.17) is 0 Å². The van der Waals surface area contributed by atoms with Crippen molar-refractivity contribution in [3.63, 3.8) is 0 Å². The van der Waals surface area contributed by atoms with Gasteiger partial charge in [-0.3, -0.25) is 10.1 Å². The standard InChI is InChI=1S/C20H20BN4O5/c1-14-12-17(22-13-15-4-2-3-5-19(15)21(26,27)28)8-11-20(14)24-23-16-6-9-18(10-7-16)25(29)30/h2-12,22,26-28H,13H2,1H3/q-1. The van der Waals surface area contributed by atoms with Gasteiger partial charge in [0.2, 0.25) is 0 Å². The Morgan fingerprint density at radius 1 is 1.00 bits per heavy atom. The third-order valence-electron chi connectivity index (χ3n) is 4.49. The minimum Gasteiger partial charge on any atom is -0.556 e. The monoisotopic (exact) mass is 407 g/mol. The molecule has 0 atom stereocenters. The molecule has 3 rings (SSSR count). The average molecular weight is 407 g/mol. The van der Waals surface area contributed by atoms with Crippen LogP contribution >= 0.6 is 0 Å². The van der Waals surface area contributed by atoms with Gasteiger partial charge < -0.3 is 20.4 Å².